The fourth-order valence-corrected chi connectivity index (χ4v) is 4.75. The predicted octanol–water partition coefficient (Wildman–Crippen LogP) is 1.17. The highest BCUT2D eigenvalue weighted by atomic mass is 32.2. The molecule has 0 radical (unpaired) electrons. The SMILES string of the molecule is O=C(CSC1CCNCC1)N1CCC(N2CCCC2)C1. The summed E-state index contributed by atoms with van der Waals surface area (Å²) < 4.78 is 0. The van der Waals surface area contributed by atoms with Crippen LogP contribution in [0.3, 0.4) is 0 Å². The van der Waals surface area contributed by atoms with E-state index in [1.807, 2.05) is 11.8 Å². The molecule has 3 aliphatic rings. The van der Waals surface area contributed by atoms with Gasteiger partial charge < -0.3 is 10.2 Å². The summed E-state index contributed by atoms with van der Waals surface area (Å²) in [7, 11) is 0. The molecule has 1 amide bonds. The summed E-state index contributed by atoms with van der Waals surface area (Å²) in [5, 5.41) is 4.07. The van der Waals surface area contributed by atoms with E-state index in [0.29, 0.717) is 23.0 Å². The third-order valence-corrected chi connectivity index (χ3v) is 6.26. The van der Waals surface area contributed by atoms with E-state index < -0.39 is 0 Å². The average molecular weight is 297 g/mol. The molecule has 0 spiro atoms. The van der Waals surface area contributed by atoms with Crippen LogP contribution in [0.5, 0.6) is 0 Å². The van der Waals surface area contributed by atoms with Crippen molar-refractivity contribution in [3.05, 3.63) is 0 Å². The average Bonchev–Trinajstić information content (AvgIpc) is 3.16. The van der Waals surface area contributed by atoms with Crippen LogP contribution in [0.1, 0.15) is 32.1 Å². The second-order valence-electron chi connectivity index (χ2n) is 6.29. The molecule has 3 rings (SSSR count). The molecule has 0 aromatic carbocycles. The van der Waals surface area contributed by atoms with Gasteiger partial charge in [-0.15, -0.1) is 11.8 Å². The van der Waals surface area contributed by atoms with Crippen molar-refractivity contribution in [2.24, 2.45) is 0 Å². The lowest BCUT2D eigenvalue weighted by molar-refractivity contribution is -0.127. The van der Waals surface area contributed by atoms with Crippen LogP contribution in [0, 0.1) is 0 Å². The summed E-state index contributed by atoms with van der Waals surface area (Å²) in [4.78, 5) is 17.0. The van der Waals surface area contributed by atoms with Crippen LogP contribution in [0.2, 0.25) is 0 Å². The first-order chi connectivity index (χ1) is 9.83. The number of hydrogen-bond acceptors (Lipinski definition) is 4. The zero-order valence-corrected chi connectivity index (χ0v) is 13.2. The summed E-state index contributed by atoms with van der Waals surface area (Å²) in [6.45, 7) is 6.69. The van der Waals surface area contributed by atoms with E-state index in [0.717, 1.165) is 26.2 Å². The largest absolute Gasteiger partial charge is 0.340 e. The lowest BCUT2D eigenvalue weighted by Crippen LogP contribution is -2.38. The molecule has 0 aliphatic carbocycles. The van der Waals surface area contributed by atoms with Crippen molar-refractivity contribution >= 4 is 17.7 Å². The van der Waals surface area contributed by atoms with E-state index >= 15 is 0 Å². The molecular formula is C15H27N3OS. The molecule has 4 nitrogen and oxygen atoms in total. The fourth-order valence-electron chi connectivity index (χ4n) is 3.62. The van der Waals surface area contributed by atoms with Gasteiger partial charge in [0.05, 0.1) is 5.75 Å². The number of rotatable bonds is 4. The monoisotopic (exact) mass is 297 g/mol. The molecule has 114 valence electrons. The van der Waals surface area contributed by atoms with Gasteiger partial charge in [0.25, 0.3) is 0 Å². The zero-order valence-electron chi connectivity index (χ0n) is 12.4. The molecule has 3 aliphatic heterocycles. The van der Waals surface area contributed by atoms with E-state index in [2.05, 4.69) is 15.1 Å². The predicted molar refractivity (Wildman–Crippen MR) is 84.1 cm³/mol. The maximum Gasteiger partial charge on any atom is 0.232 e. The molecule has 0 saturated carbocycles. The minimum absolute atomic E-state index is 0.371. The summed E-state index contributed by atoms with van der Waals surface area (Å²) >= 11 is 1.88. The minimum Gasteiger partial charge on any atom is -0.340 e. The van der Waals surface area contributed by atoms with Crippen LogP contribution < -0.4 is 5.32 Å². The van der Waals surface area contributed by atoms with Gasteiger partial charge >= 0.3 is 0 Å². The van der Waals surface area contributed by atoms with Crippen molar-refractivity contribution < 1.29 is 4.79 Å². The quantitative estimate of drug-likeness (QED) is 0.845. The Morgan fingerprint density at radius 2 is 1.85 bits per heavy atom. The van der Waals surface area contributed by atoms with Crippen LogP contribution in [0.25, 0.3) is 0 Å². The number of carbonyl (C=O) groups is 1. The van der Waals surface area contributed by atoms with Gasteiger partial charge in [0.15, 0.2) is 0 Å². The molecule has 0 aromatic rings. The topological polar surface area (TPSA) is 35.6 Å². The summed E-state index contributed by atoms with van der Waals surface area (Å²) in [6, 6.07) is 0.644. The number of amides is 1. The molecule has 3 heterocycles. The highest BCUT2D eigenvalue weighted by Gasteiger charge is 2.31. The number of nitrogens with one attached hydrogen (secondary N) is 1. The van der Waals surface area contributed by atoms with Gasteiger partial charge in [-0.05, 0) is 58.3 Å². The van der Waals surface area contributed by atoms with Crippen LogP contribution in [0.15, 0.2) is 0 Å². The molecule has 1 atom stereocenters. The molecule has 0 bridgehead atoms. The normalized spacial score (nSPS) is 29.2. The number of hydrogen-bond donors (Lipinski definition) is 1. The molecule has 1 N–H and O–H groups in total. The first kappa shape index (κ1) is 14.7. The summed E-state index contributed by atoms with van der Waals surface area (Å²) in [6.07, 6.45) is 6.30. The molecule has 3 saturated heterocycles. The Bertz CT molecular complexity index is 327. The van der Waals surface area contributed by atoms with Crippen molar-refractivity contribution in [2.75, 3.05) is 45.0 Å². The maximum absolute atomic E-state index is 12.3. The van der Waals surface area contributed by atoms with E-state index in [9.17, 15) is 4.79 Å². The van der Waals surface area contributed by atoms with Crippen molar-refractivity contribution in [1.82, 2.24) is 15.1 Å². The molecule has 3 fully saturated rings. The van der Waals surface area contributed by atoms with Crippen molar-refractivity contribution in [3.63, 3.8) is 0 Å². The van der Waals surface area contributed by atoms with Crippen LogP contribution >= 0.6 is 11.8 Å². The highest BCUT2D eigenvalue weighted by Crippen LogP contribution is 2.23. The number of likely N-dealkylation sites (tertiary alicyclic amines) is 2. The molecule has 20 heavy (non-hydrogen) atoms. The van der Waals surface area contributed by atoms with Gasteiger partial charge in [-0.3, -0.25) is 9.69 Å². The highest BCUT2D eigenvalue weighted by molar-refractivity contribution is 8.00. The molecule has 0 aromatic heterocycles. The van der Waals surface area contributed by atoms with Crippen LogP contribution in [0.4, 0.5) is 0 Å². The Hall–Kier alpha value is -0.260. The van der Waals surface area contributed by atoms with Gasteiger partial charge in [-0.25, -0.2) is 0 Å². The van der Waals surface area contributed by atoms with Gasteiger partial charge in [0.1, 0.15) is 0 Å². The Morgan fingerprint density at radius 3 is 2.60 bits per heavy atom. The van der Waals surface area contributed by atoms with Crippen molar-refractivity contribution in [1.29, 1.82) is 0 Å². The van der Waals surface area contributed by atoms with Crippen molar-refractivity contribution in [2.45, 2.75) is 43.4 Å². The Labute approximate surface area is 126 Å². The lowest BCUT2D eigenvalue weighted by atomic mass is 10.2. The molecule has 5 heteroatoms. The number of thioether (sulfide) groups is 1. The minimum atomic E-state index is 0.371. The smallest absolute Gasteiger partial charge is 0.232 e. The molecule has 1 unspecified atom stereocenters. The number of nitrogens with zero attached hydrogens (tertiary/aromatic N) is 2. The van der Waals surface area contributed by atoms with Crippen LogP contribution in [-0.2, 0) is 4.79 Å². The second kappa shape index (κ2) is 7.14. The van der Waals surface area contributed by atoms with Gasteiger partial charge in [-0.1, -0.05) is 0 Å². The third kappa shape index (κ3) is 3.68. The Morgan fingerprint density at radius 1 is 1.10 bits per heavy atom. The van der Waals surface area contributed by atoms with E-state index in [1.165, 1.54) is 45.2 Å². The summed E-state index contributed by atoms with van der Waals surface area (Å²) in [5.41, 5.74) is 0. The van der Waals surface area contributed by atoms with Crippen molar-refractivity contribution in [3.8, 4) is 0 Å². The fraction of sp³-hybridized carbons (Fsp3) is 0.933. The van der Waals surface area contributed by atoms with Gasteiger partial charge in [-0.2, -0.15) is 0 Å². The standard InChI is InChI=1S/C15H27N3OS/c19-15(12-20-14-3-6-16-7-4-14)18-10-5-13(11-18)17-8-1-2-9-17/h13-14,16H,1-12H2. The third-order valence-electron chi connectivity index (χ3n) is 4.90. The zero-order chi connectivity index (χ0) is 13.8. The molecular weight excluding hydrogens is 270 g/mol. The first-order valence-corrected chi connectivity index (χ1v) is 9.22. The van der Waals surface area contributed by atoms with E-state index in [1.54, 1.807) is 0 Å². The van der Waals surface area contributed by atoms with E-state index in [-0.39, 0.29) is 0 Å². The second-order valence-corrected chi connectivity index (χ2v) is 7.57. The Balaban J connectivity index is 1.39. The van der Waals surface area contributed by atoms with Crippen LogP contribution in [-0.4, -0.2) is 72.0 Å². The van der Waals surface area contributed by atoms with E-state index in [4.69, 9.17) is 0 Å². The first-order valence-electron chi connectivity index (χ1n) is 8.17. The maximum atomic E-state index is 12.3. The number of piperidine rings is 1. The summed E-state index contributed by atoms with van der Waals surface area (Å²) in [5.74, 6) is 1.06. The lowest BCUT2D eigenvalue weighted by Gasteiger charge is -2.25. The Kier molecular flexibility index (Phi) is 5.24. The van der Waals surface area contributed by atoms with Gasteiger partial charge in [0.2, 0.25) is 5.91 Å². The van der Waals surface area contributed by atoms with Gasteiger partial charge in [0, 0.05) is 24.4 Å². The number of carbonyl (C=O) groups excluding carboxylic acids is 1.